The molecule has 2 aromatic rings. The van der Waals surface area contributed by atoms with E-state index in [1.807, 2.05) is 30.3 Å². The molecule has 31 heavy (non-hydrogen) atoms. The Labute approximate surface area is 179 Å². The van der Waals surface area contributed by atoms with Crippen LogP contribution < -0.4 is 10.6 Å². The van der Waals surface area contributed by atoms with Gasteiger partial charge in [0.15, 0.2) is 11.6 Å². The van der Waals surface area contributed by atoms with Gasteiger partial charge in [-0.1, -0.05) is 30.3 Å². The van der Waals surface area contributed by atoms with E-state index >= 15 is 0 Å². The van der Waals surface area contributed by atoms with Crippen LogP contribution in [-0.2, 0) is 20.8 Å². The molecule has 164 valence electrons. The number of likely N-dealkylation sites (tertiary alicyclic amines) is 1. The fourth-order valence-electron chi connectivity index (χ4n) is 3.54. The Bertz CT molecular complexity index is 929. The number of halogens is 2. The highest BCUT2D eigenvalue weighted by atomic mass is 19.2. The minimum atomic E-state index is -1.06. The van der Waals surface area contributed by atoms with E-state index in [4.69, 9.17) is 0 Å². The highest BCUT2D eigenvalue weighted by Crippen LogP contribution is 2.19. The van der Waals surface area contributed by atoms with Gasteiger partial charge in [-0.25, -0.2) is 8.78 Å². The number of benzene rings is 2. The Morgan fingerprint density at radius 3 is 2.35 bits per heavy atom. The summed E-state index contributed by atoms with van der Waals surface area (Å²) in [6.07, 6.45) is 2.19. The van der Waals surface area contributed by atoms with Crippen molar-refractivity contribution in [1.82, 2.24) is 10.2 Å². The van der Waals surface area contributed by atoms with Crippen LogP contribution in [0.15, 0.2) is 48.5 Å². The quantitative estimate of drug-likeness (QED) is 0.711. The normalized spacial score (nSPS) is 14.2. The van der Waals surface area contributed by atoms with Crippen LogP contribution in [0.5, 0.6) is 0 Å². The average Bonchev–Trinajstić information content (AvgIpc) is 2.79. The number of aryl methyl sites for hydroxylation is 1. The molecule has 0 bridgehead atoms. The van der Waals surface area contributed by atoms with E-state index in [0.29, 0.717) is 38.8 Å². The SMILES string of the molecule is O=C(CNC(=O)C1CCN(C(=O)CCc2ccccc2)CC1)Nc1ccc(F)c(F)c1. The molecule has 0 atom stereocenters. The van der Waals surface area contributed by atoms with Crippen LogP contribution in [0.2, 0.25) is 0 Å². The highest BCUT2D eigenvalue weighted by molar-refractivity contribution is 5.94. The maximum Gasteiger partial charge on any atom is 0.243 e. The lowest BCUT2D eigenvalue weighted by Gasteiger charge is -2.31. The number of hydrogen-bond acceptors (Lipinski definition) is 3. The molecular weight excluding hydrogens is 404 g/mol. The van der Waals surface area contributed by atoms with Crippen molar-refractivity contribution in [1.29, 1.82) is 0 Å². The fraction of sp³-hybridized carbons (Fsp3) is 0.348. The minimum absolute atomic E-state index is 0.0774. The second-order valence-corrected chi connectivity index (χ2v) is 7.54. The summed E-state index contributed by atoms with van der Waals surface area (Å²) in [5, 5.41) is 4.97. The van der Waals surface area contributed by atoms with Crippen molar-refractivity contribution in [2.75, 3.05) is 25.0 Å². The van der Waals surface area contributed by atoms with Gasteiger partial charge in [0.2, 0.25) is 17.7 Å². The summed E-state index contributed by atoms with van der Waals surface area (Å²) in [4.78, 5) is 38.5. The lowest BCUT2D eigenvalue weighted by Crippen LogP contribution is -2.44. The van der Waals surface area contributed by atoms with Gasteiger partial charge >= 0.3 is 0 Å². The van der Waals surface area contributed by atoms with Crippen LogP contribution in [0.3, 0.4) is 0 Å². The summed E-state index contributed by atoms with van der Waals surface area (Å²) in [5.74, 6) is -3.05. The van der Waals surface area contributed by atoms with Crippen LogP contribution in [0.1, 0.15) is 24.8 Å². The second-order valence-electron chi connectivity index (χ2n) is 7.54. The Morgan fingerprint density at radius 1 is 0.968 bits per heavy atom. The van der Waals surface area contributed by atoms with Crippen LogP contribution >= 0.6 is 0 Å². The van der Waals surface area contributed by atoms with E-state index < -0.39 is 17.5 Å². The predicted molar refractivity (Wildman–Crippen MR) is 112 cm³/mol. The molecule has 1 aliphatic rings. The Hall–Kier alpha value is -3.29. The maximum atomic E-state index is 13.2. The molecule has 3 amide bonds. The first kappa shape index (κ1) is 22.4. The first-order chi connectivity index (χ1) is 14.9. The molecule has 6 nitrogen and oxygen atoms in total. The largest absolute Gasteiger partial charge is 0.347 e. The second kappa shape index (κ2) is 10.7. The van der Waals surface area contributed by atoms with Crippen LogP contribution in [-0.4, -0.2) is 42.3 Å². The smallest absolute Gasteiger partial charge is 0.243 e. The number of carbonyl (C=O) groups excluding carboxylic acids is 3. The number of piperidine rings is 1. The van der Waals surface area contributed by atoms with Gasteiger partial charge in [0.1, 0.15) is 0 Å². The van der Waals surface area contributed by atoms with Gasteiger partial charge in [-0.2, -0.15) is 0 Å². The zero-order valence-corrected chi connectivity index (χ0v) is 17.1. The first-order valence-corrected chi connectivity index (χ1v) is 10.3. The number of rotatable bonds is 7. The van der Waals surface area contributed by atoms with Gasteiger partial charge in [0.05, 0.1) is 6.54 Å². The van der Waals surface area contributed by atoms with E-state index in [1.54, 1.807) is 4.90 Å². The van der Waals surface area contributed by atoms with E-state index in [0.717, 1.165) is 17.7 Å². The van der Waals surface area contributed by atoms with Crippen molar-refractivity contribution in [2.24, 2.45) is 5.92 Å². The van der Waals surface area contributed by atoms with Gasteiger partial charge in [-0.05, 0) is 37.0 Å². The Kier molecular flexibility index (Phi) is 7.70. The van der Waals surface area contributed by atoms with Crippen molar-refractivity contribution < 1.29 is 23.2 Å². The molecule has 0 saturated carbocycles. The summed E-state index contributed by atoms with van der Waals surface area (Å²) < 4.78 is 26.1. The van der Waals surface area contributed by atoms with Gasteiger partial charge in [-0.15, -0.1) is 0 Å². The summed E-state index contributed by atoms with van der Waals surface area (Å²) in [6, 6.07) is 12.8. The highest BCUT2D eigenvalue weighted by Gasteiger charge is 2.27. The zero-order valence-electron chi connectivity index (χ0n) is 17.1. The molecule has 0 aromatic heterocycles. The number of hydrogen-bond donors (Lipinski definition) is 2. The summed E-state index contributed by atoms with van der Waals surface area (Å²) in [6.45, 7) is 0.744. The van der Waals surface area contributed by atoms with Gasteiger partial charge in [0.25, 0.3) is 0 Å². The van der Waals surface area contributed by atoms with E-state index in [-0.39, 0.29) is 30.0 Å². The molecule has 0 aliphatic carbocycles. The molecule has 0 radical (unpaired) electrons. The number of nitrogens with zero attached hydrogens (tertiary/aromatic N) is 1. The molecule has 1 heterocycles. The van der Waals surface area contributed by atoms with E-state index in [9.17, 15) is 23.2 Å². The monoisotopic (exact) mass is 429 g/mol. The third-order valence-electron chi connectivity index (χ3n) is 5.32. The molecule has 1 fully saturated rings. The predicted octanol–water partition coefficient (Wildman–Crippen LogP) is 2.89. The molecule has 0 unspecified atom stereocenters. The maximum absolute atomic E-state index is 13.2. The third-order valence-corrected chi connectivity index (χ3v) is 5.32. The summed E-state index contributed by atoms with van der Waals surface area (Å²) in [7, 11) is 0. The molecule has 1 saturated heterocycles. The van der Waals surface area contributed by atoms with Crippen LogP contribution in [0.25, 0.3) is 0 Å². The van der Waals surface area contributed by atoms with E-state index in [1.165, 1.54) is 6.07 Å². The Morgan fingerprint density at radius 2 is 1.68 bits per heavy atom. The number of nitrogens with one attached hydrogen (secondary N) is 2. The number of amides is 3. The lowest BCUT2D eigenvalue weighted by molar-refractivity contribution is -0.135. The standard InChI is InChI=1S/C23H25F2N3O3/c24-19-8-7-18(14-20(19)25)27-21(29)15-26-23(31)17-10-12-28(13-11-17)22(30)9-6-16-4-2-1-3-5-16/h1-5,7-8,14,17H,6,9-13,15H2,(H,26,31)(H,27,29). The van der Waals surface area contributed by atoms with Crippen molar-refractivity contribution in [3.8, 4) is 0 Å². The summed E-state index contributed by atoms with van der Waals surface area (Å²) in [5.41, 5.74) is 1.23. The van der Waals surface area contributed by atoms with Gasteiger partial charge in [-0.3, -0.25) is 14.4 Å². The molecule has 8 heteroatoms. The summed E-state index contributed by atoms with van der Waals surface area (Å²) >= 11 is 0. The minimum Gasteiger partial charge on any atom is -0.347 e. The zero-order chi connectivity index (χ0) is 22.2. The molecule has 3 rings (SSSR count). The van der Waals surface area contributed by atoms with E-state index in [2.05, 4.69) is 10.6 Å². The van der Waals surface area contributed by atoms with Crippen molar-refractivity contribution in [3.63, 3.8) is 0 Å². The molecule has 0 spiro atoms. The molecule has 2 N–H and O–H groups in total. The molecular formula is C23H25F2N3O3. The fourth-order valence-corrected chi connectivity index (χ4v) is 3.54. The van der Waals surface area contributed by atoms with Gasteiger partial charge < -0.3 is 15.5 Å². The topological polar surface area (TPSA) is 78.5 Å². The third kappa shape index (κ3) is 6.60. The van der Waals surface area contributed by atoms with Crippen LogP contribution in [0, 0.1) is 17.6 Å². The molecule has 2 aromatic carbocycles. The first-order valence-electron chi connectivity index (χ1n) is 10.3. The molecule has 1 aliphatic heterocycles. The number of carbonyl (C=O) groups is 3. The lowest BCUT2D eigenvalue weighted by atomic mass is 9.95. The Balaban J connectivity index is 1.37. The van der Waals surface area contributed by atoms with Crippen molar-refractivity contribution in [3.05, 3.63) is 65.7 Å². The van der Waals surface area contributed by atoms with Crippen molar-refractivity contribution >= 4 is 23.4 Å². The average molecular weight is 429 g/mol. The number of anilines is 1. The van der Waals surface area contributed by atoms with Crippen molar-refractivity contribution in [2.45, 2.75) is 25.7 Å². The van der Waals surface area contributed by atoms with Crippen LogP contribution in [0.4, 0.5) is 14.5 Å². The van der Waals surface area contributed by atoms with Gasteiger partial charge in [0, 0.05) is 37.2 Å².